The fraction of sp³-hybridized carbons (Fsp3) is 0.667. The minimum atomic E-state index is 0.657. The fourth-order valence-electron chi connectivity index (χ4n) is 1.35. The first-order valence-corrected chi connectivity index (χ1v) is 4.99. The molecule has 12 heavy (non-hydrogen) atoms. The second-order valence-electron chi connectivity index (χ2n) is 3.57. The molecule has 70 valence electrons. The van der Waals surface area contributed by atoms with E-state index in [1.54, 1.807) is 0 Å². The smallest absolute Gasteiger partial charge is 0.0236 e. The third-order valence-electron chi connectivity index (χ3n) is 2.39. The molecule has 0 aromatic rings. The zero-order chi connectivity index (χ0) is 9.40. The molecule has 0 heteroatoms. The van der Waals surface area contributed by atoms with Gasteiger partial charge in [0.25, 0.3) is 0 Å². The molecule has 0 aliphatic carbocycles. The molecule has 0 aromatic carbocycles. The molecule has 0 aliphatic heterocycles. The van der Waals surface area contributed by atoms with Gasteiger partial charge in [0, 0.05) is 0 Å². The van der Waals surface area contributed by atoms with Gasteiger partial charge in [-0.2, -0.15) is 0 Å². The van der Waals surface area contributed by atoms with Crippen molar-refractivity contribution < 1.29 is 0 Å². The molecule has 0 N–H and O–H groups in total. The third kappa shape index (κ3) is 5.17. The maximum absolute atomic E-state index is 3.86. The maximum Gasteiger partial charge on any atom is -0.0236 e. The lowest BCUT2D eigenvalue weighted by atomic mass is 9.94. The molecule has 0 spiro atoms. The molecule has 0 saturated carbocycles. The first-order valence-electron chi connectivity index (χ1n) is 4.99. The Morgan fingerprint density at radius 3 is 2.17 bits per heavy atom. The number of hydrogen-bond acceptors (Lipinski definition) is 0. The van der Waals surface area contributed by atoms with Crippen molar-refractivity contribution >= 4 is 0 Å². The van der Waals surface area contributed by atoms with E-state index in [4.69, 9.17) is 0 Å². The molecule has 0 aromatic heterocycles. The van der Waals surface area contributed by atoms with Gasteiger partial charge in [0.05, 0.1) is 0 Å². The van der Waals surface area contributed by atoms with Crippen LogP contribution in [0.2, 0.25) is 0 Å². The first-order chi connectivity index (χ1) is 5.74. The van der Waals surface area contributed by atoms with E-state index in [-0.39, 0.29) is 0 Å². The second-order valence-corrected chi connectivity index (χ2v) is 3.57. The molecule has 0 nitrogen and oxygen atoms in total. The van der Waals surface area contributed by atoms with Crippen LogP contribution >= 0.6 is 0 Å². The molecular formula is C12H22. The lowest BCUT2D eigenvalue weighted by Crippen LogP contribution is -1.98. The summed E-state index contributed by atoms with van der Waals surface area (Å²) in [4.78, 5) is 0. The summed E-state index contributed by atoms with van der Waals surface area (Å²) in [7, 11) is 0. The summed E-state index contributed by atoms with van der Waals surface area (Å²) in [6, 6.07) is 0. The van der Waals surface area contributed by atoms with Crippen LogP contribution in [0.15, 0.2) is 25.3 Å². The van der Waals surface area contributed by atoms with Crippen LogP contribution in [0.1, 0.15) is 39.5 Å². The van der Waals surface area contributed by atoms with E-state index in [1.807, 2.05) is 6.08 Å². The SMILES string of the molecule is C=CC(C)CCC(C=C)CCC. The minimum Gasteiger partial charge on any atom is -0.103 e. The predicted molar refractivity (Wildman–Crippen MR) is 57.2 cm³/mol. The van der Waals surface area contributed by atoms with Gasteiger partial charge in [-0.15, -0.1) is 13.2 Å². The highest BCUT2D eigenvalue weighted by Crippen LogP contribution is 2.18. The quantitative estimate of drug-likeness (QED) is 0.497. The summed E-state index contributed by atoms with van der Waals surface area (Å²) >= 11 is 0. The molecule has 0 radical (unpaired) electrons. The first kappa shape index (κ1) is 11.5. The minimum absolute atomic E-state index is 0.657. The van der Waals surface area contributed by atoms with Crippen molar-refractivity contribution in [3.8, 4) is 0 Å². The van der Waals surface area contributed by atoms with Gasteiger partial charge in [0.2, 0.25) is 0 Å². The monoisotopic (exact) mass is 166 g/mol. The van der Waals surface area contributed by atoms with Crippen LogP contribution in [0.4, 0.5) is 0 Å². The van der Waals surface area contributed by atoms with Crippen molar-refractivity contribution in [2.24, 2.45) is 11.8 Å². The van der Waals surface area contributed by atoms with Crippen LogP contribution < -0.4 is 0 Å². The largest absolute Gasteiger partial charge is 0.103 e. The zero-order valence-corrected chi connectivity index (χ0v) is 8.55. The van der Waals surface area contributed by atoms with Gasteiger partial charge >= 0.3 is 0 Å². The molecule has 0 bridgehead atoms. The Morgan fingerprint density at radius 2 is 1.75 bits per heavy atom. The standard InChI is InChI=1S/C12H22/c1-5-8-12(7-3)10-9-11(4)6-2/h6-7,11-12H,2-3,5,8-10H2,1,4H3. The van der Waals surface area contributed by atoms with Crippen LogP contribution in [0.3, 0.4) is 0 Å². The van der Waals surface area contributed by atoms with Gasteiger partial charge < -0.3 is 0 Å². The highest BCUT2D eigenvalue weighted by molar-refractivity contribution is 4.82. The lowest BCUT2D eigenvalue weighted by Gasteiger charge is -2.12. The Morgan fingerprint density at radius 1 is 1.08 bits per heavy atom. The number of allylic oxidation sites excluding steroid dienone is 2. The van der Waals surface area contributed by atoms with Gasteiger partial charge in [-0.1, -0.05) is 32.4 Å². The number of rotatable bonds is 7. The molecule has 0 rings (SSSR count). The van der Waals surface area contributed by atoms with E-state index in [2.05, 4.69) is 33.1 Å². The molecular weight excluding hydrogens is 144 g/mol. The molecule has 2 unspecified atom stereocenters. The molecule has 0 heterocycles. The molecule has 0 amide bonds. The maximum atomic E-state index is 3.86. The number of hydrogen-bond donors (Lipinski definition) is 0. The van der Waals surface area contributed by atoms with Crippen molar-refractivity contribution in [3.05, 3.63) is 25.3 Å². The molecule has 0 fully saturated rings. The van der Waals surface area contributed by atoms with Crippen molar-refractivity contribution in [1.29, 1.82) is 0 Å². The molecule has 2 atom stereocenters. The van der Waals surface area contributed by atoms with Crippen molar-refractivity contribution in [3.63, 3.8) is 0 Å². The van der Waals surface area contributed by atoms with E-state index < -0.39 is 0 Å². The topological polar surface area (TPSA) is 0 Å². The average Bonchev–Trinajstić information content (AvgIpc) is 2.11. The van der Waals surface area contributed by atoms with Crippen molar-refractivity contribution in [1.82, 2.24) is 0 Å². The Labute approximate surface area is 77.4 Å². The zero-order valence-electron chi connectivity index (χ0n) is 8.55. The van der Waals surface area contributed by atoms with Crippen molar-refractivity contribution in [2.75, 3.05) is 0 Å². The Hall–Kier alpha value is -0.520. The summed E-state index contributed by atoms with van der Waals surface area (Å²) in [5.41, 5.74) is 0. The van der Waals surface area contributed by atoms with Crippen LogP contribution in [-0.2, 0) is 0 Å². The van der Waals surface area contributed by atoms with Crippen molar-refractivity contribution in [2.45, 2.75) is 39.5 Å². The van der Waals surface area contributed by atoms with Crippen LogP contribution in [-0.4, -0.2) is 0 Å². The van der Waals surface area contributed by atoms with E-state index >= 15 is 0 Å². The molecule has 0 saturated heterocycles. The van der Waals surface area contributed by atoms with Crippen LogP contribution in [0.25, 0.3) is 0 Å². The predicted octanol–water partition coefficient (Wildman–Crippen LogP) is 4.19. The fourth-order valence-corrected chi connectivity index (χ4v) is 1.35. The summed E-state index contributed by atoms with van der Waals surface area (Å²) < 4.78 is 0. The summed E-state index contributed by atoms with van der Waals surface area (Å²) in [5, 5.41) is 0. The second kappa shape index (κ2) is 7.15. The third-order valence-corrected chi connectivity index (χ3v) is 2.39. The summed E-state index contributed by atoms with van der Waals surface area (Å²) in [6.45, 7) is 12.1. The summed E-state index contributed by atoms with van der Waals surface area (Å²) in [5.74, 6) is 1.38. The molecule has 0 aliphatic rings. The Kier molecular flexibility index (Phi) is 6.84. The van der Waals surface area contributed by atoms with Crippen LogP contribution in [0.5, 0.6) is 0 Å². The normalized spacial score (nSPS) is 15.2. The van der Waals surface area contributed by atoms with E-state index in [0.29, 0.717) is 5.92 Å². The van der Waals surface area contributed by atoms with E-state index in [1.165, 1.54) is 25.7 Å². The Bertz CT molecular complexity index is 124. The van der Waals surface area contributed by atoms with E-state index in [9.17, 15) is 0 Å². The highest BCUT2D eigenvalue weighted by atomic mass is 14.1. The van der Waals surface area contributed by atoms with Gasteiger partial charge in [0.15, 0.2) is 0 Å². The van der Waals surface area contributed by atoms with Gasteiger partial charge in [-0.3, -0.25) is 0 Å². The van der Waals surface area contributed by atoms with Crippen LogP contribution in [0, 0.1) is 11.8 Å². The van der Waals surface area contributed by atoms with E-state index in [0.717, 1.165) is 5.92 Å². The average molecular weight is 166 g/mol. The summed E-state index contributed by atoms with van der Waals surface area (Å²) in [6.07, 6.45) is 9.20. The highest BCUT2D eigenvalue weighted by Gasteiger charge is 2.04. The lowest BCUT2D eigenvalue weighted by molar-refractivity contribution is 0.479. The Balaban J connectivity index is 3.56. The van der Waals surface area contributed by atoms with Gasteiger partial charge in [-0.05, 0) is 31.1 Å². The van der Waals surface area contributed by atoms with Gasteiger partial charge in [0.1, 0.15) is 0 Å². The van der Waals surface area contributed by atoms with Gasteiger partial charge in [-0.25, -0.2) is 0 Å².